The lowest BCUT2D eigenvalue weighted by Gasteiger charge is -2.28. The molecule has 3 N–H and O–H groups in total. The summed E-state index contributed by atoms with van der Waals surface area (Å²) in [5.41, 5.74) is 6.05. The van der Waals surface area contributed by atoms with E-state index in [1.165, 1.54) is 17.0 Å². The largest absolute Gasteiger partial charge is 0.330 e. The summed E-state index contributed by atoms with van der Waals surface area (Å²) in [5, 5.41) is 2.20. The van der Waals surface area contributed by atoms with Gasteiger partial charge in [-0.25, -0.2) is 9.18 Å². The van der Waals surface area contributed by atoms with Crippen molar-refractivity contribution in [2.24, 2.45) is 5.73 Å². The second-order valence-electron chi connectivity index (χ2n) is 6.11. The number of unbranched alkanes of at least 4 members (excludes halogenated alkanes) is 2. The molecule has 0 aromatic heterocycles. The van der Waals surface area contributed by atoms with Gasteiger partial charge in [0.15, 0.2) is 0 Å². The van der Waals surface area contributed by atoms with Gasteiger partial charge < -0.3 is 5.73 Å². The number of nitrogens with two attached hydrogens (primary N) is 1. The predicted molar refractivity (Wildman–Crippen MR) is 96.4 cm³/mol. The first-order chi connectivity index (χ1) is 12.3. The molecule has 0 atom stereocenters. The Labute approximate surface area is 156 Å². The summed E-state index contributed by atoms with van der Waals surface area (Å²) in [4.78, 5) is 37.1. The molecule has 142 valence electrons. The van der Waals surface area contributed by atoms with Crippen molar-refractivity contribution in [2.45, 2.75) is 32.6 Å². The number of imide groups is 1. The minimum atomic E-state index is -0.711. The second-order valence-corrected chi connectivity index (χ2v) is 6.52. The van der Waals surface area contributed by atoms with Crippen LogP contribution < -0.4 is 16.0 Å². The fourth-order valence-electron chi connectivity index (χ4n) is 2.71. The van der Waals surface area contributed by atoms with Crippen molar-refractivity contribution < 1.29 is 18.8 Å². The zero-order valence-electron chi connectivity index (χ0n) is 14.6. The van der Waals surface area contributed by atoms with Crippen LogP contribution in [0.3, 0.4) is 0 Å². The monoisotopic (exact) mass is 384 g/mol. The highest BCUT2D eigenvalue weighted by atomic mass is 35.5. The van der Waals surface area contributed by atoms with E-state index in [-0.39, 0.29) is 31.0 Å². The molecule has 0 spiro atoms. The Hall–Kier alpha value is -2.19. The fourth-order valence-corrected chi connectivity index (χ4v) is 2.92. The number of anilines is 1. The molecular weight excluding hydrogens is 363 g/mol. The molecule has 1 fully saturated rings. The summed E-state index contributed by atoms with van der Waals surface area (Å²) < 4.78 is 15.3. The van der Waals surface area contributed by atoms with Crippen LogP contribution in [-0.2, 0) is 4.79 Å². The Morgan fingerprint density at radius 3 is 2.73 bits per heavy atom. The average Bonchev–Trinajstić information content (AvgIpc) is 2.59. The molecule has 1 aromatic rings. The predicted octanol–water partition coefficient (Wildman–Crippen LogP) is 2.31. The first-order valence-electron chi connectivity index (χ1n) is 8.44. The van der Waals surface area contributed by atoms with Crippen molar-refractivity contribution in [3.63, 3.8) is 0 Å². The third-order valence-electron chi connectivity index (χ3n) is 4.14. The van der Waals surface area contributed by atoms with E-state index in [9.17, 15) is 18.8 Å². The zero-order chi connectivity index (χ0) is 19.3. The van der Waals surface area contributed by atoms with Gasteiger partial charge in [0.1, 0.15) is 5.82 Å². The van der Waals surface area contributed by atoms with Gasteiger partial charge in [-0.15, -0.1) is 0 Å². The van der Waals surface area contributed by atoms with Gasteiger partial charge in [-0.3, -0.25) is 24.2 Å². The number of hydrogen-bond donors (Lipinski definition) is 2. The number of nitrogens with one attached hydrogen (secondary N) is 1. The van der Waals surface area contributed by atoms with Crippen molar-refractivity contribution >= 4 is 35.3 Å². The molecule has 0 saturated carbocycles. The molecule has 2 rings (SSSR count). The number of nitrogens with zero attached hydrogens (tertiary/aromatic N) is 2. The second kappa shape index (κ2) is 8.95. The molecule has 0 bridgehead atoms. The van der Waals surface area contributed by atoms with Crippen molar-refractivity contribution in [3.8, 4) is 0 Å². The molecule has 0 aliphatic carbocycles. The molecule has 1 aliphatic heterocycles. The summed E-state index contributed by atoms with van der Waals surface area (Å²) in [6.07, 6.45) is 2.43. The molecule has 1 aromatic carbocycles. The molecule has 1 heterocycles. The molecule has 4 amide bonds. The summed E-state index contributed by atoms with van der Waals surface area (Å²) in [6, 6.07) is 1.89. The lowest BCUT2D eigenvalue weighted by molar-refractivity contribution is -0.120. The number of halogens is 2. The van der Waals surface area contributed by atoms with Crippen LogP contribution in [0.4, 0.5) is 14.9 Å². The smallest absolute Gasteiger partial charge is 0.328 e. The molecule has 1 aliphatic rings. The van der Waals surface area contributed by atoms with Gasteiger partial charge in [-0.1, -0.05) is 6.42 Å². The Balaban J connectivity index is 2.20. The molecular formula is C17H22ClFN4O3. The molecule has 0 radical (unpaired) electrons. The average molecular weight is 385 g/mol. The zero-order valence-corrected chi connectivity index (χ0v) is 15.3. The van der Waals surface area contributed by atoms with Crippen LogP contribution in [-0.4, -0.2) is 41.9 Å². The number of benzene rings is 1. The lowest BCUT2D eigenvalue weighted by Crippen LogP contribution is -2.49. The number of hydrogen-bond acceptors (Lipinski definition) is 4. The highest BCUT2D eigenvalue weighted by Crippen LogP contribution is 2.27. The number of carbonyl (C=O) groups is 3. The Bertz CT molecular complexity index is 713. The Morgan fingerprint density at radius 2 is 2.08 bits per heavy atom. The van der Waals surface area contributed by atoms with Crippen LogP contribution in [0.1, 0.15) is 41.6 Å². The van der Waals surface area contributed by atoms with Crippen LogP contribution >= 0.6 is 11.8 Å². The Morgan fingerprint density at radius 1 is 1.35 bits per heavy atom. The maximum Gasteiger partial charge on any atom is 0.328 e. The Kier molecular flexibility index (Phi) is 6.93. The topological polar surface area (TPSA) is 95.7 Å². The van der Waals surface area contributed by atoms with Crippen molar-refractivity contribution in [3.05, 3.63) is 29.1 Å². The summed E-state index contributed by atoms with van der Waals surface area (Å²) in [5.74, 6) is -1.75. The van der Waals surface area contributed by atoms with Gasteiger partial charge in [-0.2, -0.15) is 0 Å². The van der Waals surface area contributed by atoms with Gasteiger partial charge in [0.05, 0.1) is 5.56 Å². The number of carbonyl (C=O) groups excluding carboxylic acids is 3. The number of rotatable bonds is 7. The van der Waals surface area contributed by atoms with Gasteiger partial charge in [0, 0.05) is 37.0 Å². The van der Waals surface area contributed by atoms with E-state index < -0.39 is 17.8 Å². The van der Waals surface area contributed by atoms with Crippen LogP contribution in [0.15, 0.2) is 12.1 Å². The third-order valence-corrected chi connectivity index (χ3v) is 4.46. The van der Waals surface area contributed by atoms with E-state index in [1.807, 2.05) is 0 Å². The van der Waals surface area contributed by atoms with Crippen molar-refractivity contribution in [2.75, 3.05) is 24.5 Å². The molecule has 26 heavy (non-hydrogen) atoms. The standard InChI is InChI=1S/C17H22ClFN4O3/c1-11-9-13(19)12(16(25)23(18)7-4-2-3-6-20)10-14(11)22-8-5-15(24)21-17(22)26/h9-10H,2-8,20H2,1H3,(H,21,24,26). The summed E-state index contributed by atoms with van der Waals surface area (Å²) >= 11 is 5.99. The van der Waals surface area contributed by atoms with Gasteiger partial charge in [0.2, 0.25) is 5.91 Å². The first-order valence-corrected chi connectivity index (χ1v) is 8.78. The van der Waals surface area contributed by atoms with Crippen molar-refractivity contribution in [1.29, 1.82) is 0 Å². The van der Waals surface area contributed by atoms with E-state index in [1.54, 1.807) is 6.92 Å². The quantitative estimate of drug-likeness (QED) is 0.557. The number of urea groups is 1. The minimum absolute atomic E-state index is 0.134. The summed E-state index contributed by atoms with van der Waals surface area (Å²) in [7, 11) is 0. The third kappa shape index (κ3) is 4.70. The van der Waals surface area contributed by atoms with Crippen LogP contribution in [0.2, 0.25) is 0 Å². The van der Waals surface area contributed by atoms with E-state index in [0.29, 0.717) is 24.2 Å². The summed E-state index contributed by atoms with van der Waals surface area (Å²) in [6.45, 7) is 2.62. The maximum atomic E-state index is 14.3. The van der Waals surface area contributed by atoms with E-state index in [0.717, 1.165) is 17.3 Å². The fraction of sp³-hybridized carbons (Fsp3) is 0.471. The van der Waals surface area contributed by atoms with Crippen LogP contribution in [0, 0.1) is 12.7 Å². The van der Waals surface area contributed by atoms with E-state index in [4.69, 9.17) is 17.5 Å². The number of aryl methyl sites for hydroxylation is 1. The SMILES string of the molecule is Cc1cc(F)c(C(=O)N(Cl)CCCCCN)cc1N1CCC(=O)NC1=O. The minimum Gasteiger partial charge on any atom is -0.330 e. The van der Waals surface area contributed by atoms with E-state index >= 15 is 0 Å². The number of amides is 4. The van der Waals surface area contributed by atoms with Crippen molar-refractivity contribution in [1.82, 2.24) is 9.74 Å². The van der Waals surface area contributed by atoms with Gasteiger partial charge in [0.25, 0.3) is 5.91 Å². The molecule has 1 saturated heterocycles. The highest BCUT2D eigenvalue weighted by Gasteiger charge is 2.28. The first kappa shape index (κ1) is 20.1. The van der Waals surface area contributed by atoms with Crippen LogP contribution in [0.25, 0.3) is 0 Å². The van der Waals surface area contributed by atoms with Crippen LogP contribution in [0.5, 0.6) is 0 Å². The molecule has 7 nitrogen and oxygen atoms in total. The van der Waals surface area contributed by atoms with Gasteiger partial charge in [-0.05, 0) is 44.0 Å². The molecule has 0 unspecified atom stereocenters. The van der Waals surface area contributed by atoms with E-state index in [2.05, 4.69) is 5.32 Å². The molecule has 9 heteroatoms. The maximum absolute atomic E-state index is 14.3. The van der Waals surface area contributed by atoms with Gasteiger partial charge >= 0.3 is 6.03 Å². The normalized spacial score (nSPS) is 14.4. The highest BCUT2D eigenvalue weighted by molar-refractivity contribution is 6.24. The lowest BCUT2D eigenvalue weighted by atomic mass is 10.1.